The summed E-state index contributed by atoms with van der Waals surface area (Å²) in [6.07, 6.45) is 0. The number of amidine groups is 1. The van der Waals surface area contributed by atoms with E-state index in [2.05, 4.69) is 15.1 Å². The number of nitrogens with zero attached hydrogens (tertiary/aromatic N) is 3. The fourth-order valence-corrected chi connectivity index (χ4v) is 2.64. The Morgan fingerprint density at radius 3 is 2.35 bits per heavy atom. The maximum atomic E-state index is 8.60. The summed E-state index contributed by atoms with van der Waals surface area (Å²) in [6, 6.07) is 9.50. The molecule has 5 nitrogen and oxygen atoms in total. The summed E-state index contributed by atoms with van der Waals surface area (Å²) >= 11 is 1.59. The molecule has 0 radical (unpaired) electrons. The van der Waals surface area contributed by atoms with Crippen LogP contribution in [0.2, 0.25) is 0 Å². The molecule has 0 saturated carbocycles. The Labute approximate surface area is 121 Å². The first-order chi connectivity index (χ1) is 9.58. The number of hydrogen-bond donors (Lipinski definition) is 2. The van der Waals surface area contributed by atoms with Gasteiger partial charge in [-0.05, 0) is 25.5 Å². The molecule has 6 heteroatoms. The molecule has 0 atom stereocenters. The van der Waals surface area contributed by atoms with Crippen molar-refractivity contribution in [3.8, 4) is 0 Å². The van der Waals surface area contributed by atoms with Gasteiger partial charge in [0.25, 0.3) is 0 Å². The molecule has 0 unspecified atom stereocenters. The van der Waals surface area contributed by atoms with Crippen LogP contribution in [0.5, 0.6) is 0 Å². The standard InChI is InChI=1S/C14H16N4OS/c1-9-7-10(2)17-14(16-9)20-8-11-3-5-12(6-4-11)13(15)18-19/h3-7,19H,8H2,1-2H3,(H2,15,18). The third kappa shape index (κ3) is 3.71. The average Bonchev–Trinajstić information content (AvgIpc) is 2.44. The molecule has 0 saturated heterocycles. The molecule has 3 N–H and O–H groups in total. The minimum atomic E-state index is 0.113. The van der Waals surface area contributed by atoms with Crippen LogP contribution in [-0.2, 0) is 5.75 Å². The van der Waals surface area contributed by atoms with E-state index < -0.39 is 0 Å². The van der Waals surface area contributed by atoms with Gasteiger partial charge in [0.2, 0.25) is 0 Å². The van der Waals surface area contributed by atoms with Crippen molar-refractivity contribution in [2.75, 3.05) is 0 Å². The number of aryl methyl sites for hydroxylation is 2. The van der Waals surface area contributed by atoms with Gasteiger partial charge in [0.1, 0.15) is 0 Å². The minimum absolute atomic E-state index is 0.113. The molecule has 0 aliphatic rings. The summed E-state index contributed by atoms with van der Waals surface area (Å²) < 4.78 is 0. The second-order valence-corrected chi connectivity index (χ2v) is 5.35. The molecule has 0 aliphatic carbocycles. The highest BCUT2D eigenvalue weighted by Gasteiger charge is 2.03. The second-order valence-electron chi connectivity index (χ2n) is 4.40. The van der Waals surface area contributed by atoms with Crippen LogP contribution in [-0.4, -0.2) is 21.0 Å². The summed E-state index contributed by atoms with van der Waals surface area (Å²) in [5.74, 6) is 0.890. The van der Waals surface area contributed by atoms with E-state index in [1.807, 2.05) is 44.2 Å². The SMILES string of the molecule is Cc1cc(C)nc(SCc2ccc(C(N)=NO)cc2)n1. The smallest absolute Gasteiger partial charge is 0.188 e. The fourth-order valence-electron chi connectivity index (χ4n) is 1.74. The van der Waals surface area contributed by atoms with Gasteiger partial charge in [-0.1, -0.05) is 41.2 Å². The van der Waals surface area contributed by atoms with E-state index in [1.165, 1.54) is 0 Å². The zero-order valence-corrected chi connectivity index (χ0v) is 12.2. The van der Waals surface area contributed by atoms with E-state index in [9.17, 15) is 0 Å². The summed E-state index contributed by atoms with van der Waals surface area (Å²) in [4.78, 5) is 8.78. The van der Waals surface area contributed by atoms with E-state index in [0.29, 0.717) is 5.56 Å². The van der Waals surface area contributed by atoms with Gasteiger partial charge in [0.15, 0.2) is 11.0 Å². The summed E-state index contributed by atoms with van der Waals surface area (Å²) in [5.41, 5.74) is 9.30. The van der Waals surface area contributed by atoms with Crippen molar-refractivity contribution < 1.29 is 5.21 Å². The van der Waals surface area contributed by atoms with Crippen LogP contribution in [0.15, 0.2) is 40.6 Å². The van der Waals surface area contributed by atoms with Crippen molar-refractivity contribution in [1.29, 1.82) is 0 Å². The molecule has 0 amide bonds. The first-order valence-corrected chi connectivity index (χ1v) is 7.09. The lowest BCUT2D eigenvalue weighted by Crippen LogP contribution is -2.12. The van der Waals surface area contributed by atoms with Crippen LogP contribution in [0.4, 0.5) is 0 Å². The Kier molecular flexibility index (Phi) is 4.57. The Balaban J connectivity index is 2.04. The lowest BCUT2D eigenvalue weighted by molar-refractivity contribution is 0.318. The summed E-state index contributed by atoms with van der Waals surface area (Å²) in [7, 11) is 0. The van der Waals surface area contributed by atoms with Crippen LogP contribution in [0.3, 0.4) is 0 Å². The number of thioether (sulfide) groups is 1. The van der Waals surface area contributed by atoms with Crippen LogP contribution < -0.4 is 5.73 Å². The summed E-state index contributed by atoms with van der Waals surface area (Å²) in [6.45, 7) is 3.93. The van der Waals surface area contributed by atoms with Gasteiger partial charge >= 0.3 is 0 Å². The molecule has 1 aromatic heterocycles. The first kappa shape index (κ1) is 14.3. The van der Waals surface area contributed by atoms with Crippen LogP contribution in [0.25, 0.3) is 0 Å². The molecular formula is C14H16N4OS. The lowest BCUT2D eigenvalue weighted by atomic mass is 10.1. The van der Waals surface area contributed by atoms with Gasteiger partial charge in [-0.25, -0.2) is 9.97 Å². The second kappa shape index (κ2) is 6.38. The molecule has 1 heterocycles. The average molecular weight is 288 g/mol. The Morgan fingerprint density at radius 1 is 1.20 bits per heavy atom. The predicted molar refractivity (Wildman–Crippen MR) is 80.0 cm³/mol. The molecule has 0 aliphatic heterocycles. The third-order valence-corrected chi connectivity index (χ3v) is 3.61. The van der Waals surface area contributed by atoms with E-state index in [4.69, 9.17) is 10.9 Å². The van der Waals surface area contributed by atoms with E-state index in [0.717, 1.165) is 27.9 Å². The molecule has 2 rings (SSSR count). The zero-order chi connectivity index (χ0) is 14.5. The zero-order valence-electron chi connectivity index (χ0n) is 11.4. The van der Waals surface area contributed by atoms with Crippen molar-refractivity contribution in [3.63, 3.8) is 0 Å². The Morgan fingerprint density at radius 2 is 1.80 bits per heavy atom. The molecule has 0 bridgehead atoms. The number of aromatic nitrogens is 2. The van der Waals surface area contributed by atoms with Crippen molar-refractivity contribution in [2.24, 2.45) is 10.9 Å². The van der Waals surface area contributed by atoms with Gasteiger partial charge in [-0.3, -0.25) is 0 Å². The highest BCUT2D eigenvalue weighted by molar-refractivity contribution is 7.98. The molecule has 0 spiro atoms. The lowest BCUT2D eigenvalue weighted by Gasteiger charge is -2.04. The Hall–Kier alpha value is -2.08. The van der Waals surface area contributed by atoms with Gasteiger partial charge in [-0.2, -0.15) is 0 Å². The van der Waals surface area contributed by atoms with Crippen LogP contribution in [0.1, 0.15) is 22.5 Å². The highest BCUT2D eigenvalue weighted by atomic mass is 32.2. The number of rotatable bonds is 4. The number of benzene rings is 1. The van der Waals surface area contributed by atoms with E-state index in [-0.39, 0.29) is 5.84 Å². The van der Waals surface area contributed by atoms with Crippen molar-refractivity contribution in [2.45, 2.75) is 24.8 Å². The normalized spacial score (nSPS) is 11.6. The Bertz CT molecular complexity index is 605. The quantitative estimate of drug-likeness (QED) is 0.225. The maximum absolute atomic E-state index is 8.60. The number of nitrogens with two attached hydrogens (primary N) is 1. The van der Waals surface area contributed by atoms with Crippen LogP contribution >= 0.6 is 11.8 Å². The molecule has 0 fully saturated rings. The minimum Gasteiger partial charge on any atom is -0.409 e. The number of hydrogen-bond acceptors (Lipinski definition) is 5. The molecule has 1 aromatic carbocycles. The molecule has 20 heavy (non-hydrogen) atoms. The highest BCUT2D eigenvalue weighted by Crippen LogP contribution is 2.20. The predicted octanol–water partition coefficient (Wildman–Crippen LogP) is 2.48. The number of oxime groups is 1. The monoisotopic (exact) mass is 288 g/mol. The van der Waals surface area contributed by atoms with Crippen LogP contribution in [0, 0.1) is 13.8 Å². The van der Waals surface area contributed by atoms with Gasteiger partial charge in [0, 0.05) is 22.7 Å². The van der Waals surface area contributed by atoms with Crippen molar-refractivity contribution in [1.82, 2.24) is 9.97 Å². The summed E-state index contributed by atoms with van der Waals surface area (Å²) in [5, 5.41) is 12.4. The third-order valence-electron chi connectivity index (χ3n) is 2.69. The largest absolute Gasteiger partial charge is 0.409 e. The first-order valence-electron chi connectivity index (χ1n) is 6.10. The molecule has 2 aromatic rings. The van der Waals surface area contributed by atoms with Gasteiger partial charge in [-0.15, -0.1) is 0 Å². The van der Waals surface area contributed by atoms with Crippen molar-refractivity contribution >= 4 is 17.6 Å². The fraction of sp³-hybridized carbons (Fsp3) is 0.214. The molecular weight excluding hydrogens is 272 g/mol. The maximum Gasteiger partial charge on any atom is 0.188 e. The van der Waals surface area contributed by atoms with Gasteiger partial charge < -0.3 is 10.9 Å². The topological polar surface area (TPSA) is 84.4 Å². The van der Waals surface area contributed by atoms with E-state index in [1.54, 1.807) is 11.8 Å². The molecule has 104 valence electrons. The van der Waals surface area contributed by atoms with Gasteiger partial charge in [0.05, 0.1) is 0 Å². The van der Waals surface area contributed by atoms with E-state index >= 15 is 0 Å². The van der Waals surface area contributed by atoms with Crippen molar-refractivity contribution in [3.05, 3.63) is 52.8 Å².